The lowest BCUT2D eigenvalue weighted by atomic mass is 10.1. The third-order valence-corrected chi connectivity index (χ3v) is 3.77. The fraction of sp³-hybridized carbons (Fsp3) is 0.222. The second kappa shape index (κ2) is 7.21. The molecule has 0 aliphatic rings. The van der Waals surface area contributed by atoms with Gasteiger partial charge in [-0.25, -0.2) is 8.78 Å². The van der Waals surface area contributed by atoms with Gasteiger partial charge >= 0.3 is 0 Å². The summed E-state index contributed by atoms with van der Waals surface area (Å²) < 4.78 is 27.8. The number of hydrogen-bond donors (Lipinski definition) is 1. The molecule has 0 fully saturated rings. The van der Waals surface area contributed by atoms with Crippen molar-refractivity contribution >= 4 is 23.2 Å². The number of aryl methyl sites for hydroxylation is 1. The summed E-state index contributed by atoms with van der Waals surface area (Å²) in [6.07, 6.45) is 0. The van der Waals surface area contributed by atoms with Crippen LogP contribution in [0.1, 0.15) is 18.1 Å². The number of para-hydroxylation sites is 1. The number of rotatable bonds is 4. The van der Waals surface area contributed by atoms with E-state index in [2.05, 4.69) is 5.32 Å². The number of carbonyl (C=O) groups excluding carboxylic acids is 2. The van der Waals surface area contributed by atoms with Gasteiger partial charge in [0.15, 0.2) is 0 Å². The highest BCUT2D eigenvalue weighted by Crippen LogP contribution is 2.24. The Kier molecular flexibility index (Phi) is 5.28. The molecule has 0 bridgehead atoms. The molecule has 0 aliphatic heterocycles. The number of anilines is 2. The Bertz CT molecular complexity index is 770. The molecule has 0 heterocycles. The first-order chi connectivity index (χ1) is 11.3. The van der Waals surface area contributed by atoms with E-state index in [1.807, 2.05) is 19.9 Å². The van der Waals surface area contributed by atoms with Crippen molar-refractivity contribution in [3.05, 3.63) is 59.2 Å². The maximum Gasteiger partial charge on any atom is 0.244 e. The summed E-state index contributed by atoms with van der Waals surface area (Å²) in [6.45, 7) is 4.42. The van der Waals surface area contributed by atoms with Gasteiger partial charge in [0, 0.05) is 12.6 Å². The molecule has 2 rings (SSSR count). The third-order valence-electron chi connectivity index (χ3n) is 3.77. The van der Waals surface area contributed by atoms with Gasteiger partial charge in [-0.2, -0.15) is 0 Å². The summed E-state index contributed by atoms with van der Waals surface area (Å²) in [5.74, 6) is -2.97. The summed E-state index contributed by atoms with van der Waals surface area (Å²) in [6, 6.07) is 8.69. The van der Waals surface area contributed by atoms with Crippen molar-refractivity contribution < 1.29 is 18.4 Å². The quantitative estimate of drug-likeness (QED) is 0.930. The van der Waals surface area contributed by atoms with E-state index >= 15 is 0 Å². The SMILES string of the molecule is CC(=O)N(CC(=O)Nc1cccc(C)c1C)c1c(F)cccc1F. The number of benzene rings is 2. The molecule has 1 N–H and O–H groups in total. The van der Waals surface area contributed by atoms with Gasteiger partial charge in [0.2, 0.25) is 11.8 Å². The Hall–Kier alpha value is -2.76. The summed E-state index contributed by atoms with van der Waals surface area (Å²) in [4.78, 5) is 24.8. The van der Waals surface area contributed by atoms with Crippen molar-refractivity contribution in [3.8, 4) is 0 Å². The number of halogens is 2. The van der Waals surface area contributed by atoms with Crippen LogP contribution in [0.2, 0.25) is 0 Å². The van der Waals surface area contributed by atoms with Crippen molar-refractivity contribution in [1.29, 1.82) is 0 Å². The highest BCUT2D eigenvalue weighted by Gasteiger charge is 2.22. The van der Waals surface area contributed by atoms with Gasteiger partial charge < -0.3 is 5.32 Å². The highest BCUT2D eigenvalue weighted by molar-refractivity contribution is 6.02. The van der Waals surface area contributed by atoms with E-state index in [-0.39, 0.29) is 0 Å². The molecule has 0 atom stereocenters. The Labute approximate surface area is 139 Å². The molecule has 0 saturated heterocycles. The topological polar surface area (TPSA) is 49.4 Å². The maximum atomic E-state index is 13.9. The van der Waals surface area contributed by atoms with E-state index in [4.69, 9.17) is 0 Å². The van der Waals surface area contributed by atoms with Crippen LogP contribution in [-0.2, 0) is 9.59 Å². The first kappa shape index (κ1) is 17.6. The third kappa shape index (κ3) is 3.76. The molecule has 0 aromatic heterocycles. The second-order valence-corrected chi connectivity index (χ2v) is 5.47. The van der Waals surface area contributed by atoms with Gasteiger partial charge in [0.25, 0.3) is 0 Å². The van der Waals surface area contributed by atoms with Crippen molar-refractivity contribution in [2.45, 2.75) is 20.8 Å². The van der Waals surface area contributed by atoms with Crippen LogP contribution in [0.15, 0.2) is 36.4 Å². The lowest BCUT2D eigenvalue weighted by Gasteiger charge is -2.22. The fourth-order valence-electron chi connectivity index (χ4n) is 2.31. The molecule has 0 aliphatic carbocycles. The Balaban J connectivity index is 2.24. The molecule has 24 heavy (non-hydrogen) atoms. The van der Waals surface area contributed by atoms with E-state index in [1.165, 1.54) is 6.07 Å². The van der Waals surface area contributed by atoms with Crippen molar-refractivity contribution in [3.63, 3.8) is 0 Å². The number of carbonyl (C=O) groups is 2. The molecule has 0 spiro atoms. The lowest BCUT2D eigenvalue weighted by molar-refractivity contribution is -0.120. The van der Waals surface area contributed by atoms with E-state index < -0.39 is 35.7 Å². The van der Waals surface area contributed by atoms with Crippen LogP contribution < -0.4 is 10.2 Å². The predicted molar refractivity (Wildman–Crippen MR) is 88.9 cm³/mol. The second-order valence-electron chi connectivity index (χ2n) is 5.47. The molecule has 2 aromatic carbocycles. The van der Waals surface area contributed by atoms with Crippen LogP contribution in [0.3, 0.4) is 0 Å². The minimum Gasteiger partial charge on any atom is -0.324 e. The minimum atomic E-state index is -0.898. The zero-order valence-electron chi connectivity index (χ0n) is 13.7. The molecule has 0 unspecified atom stereocenters. The average Bonchev–Trinajstić information content (AvgIpc) is 2.50. The fourth-order valence-corrected chi connectivity index (χ4v) is 2.31. The molecule has 2 aromatic rings. The van der Waals surface area contributed by atoms with Gasteiger partial charge in [-0.05, 0) is 43.2 Å². The highest BCUT2D eigenvalue weighted by atomic mass is 19.1. The number of nitrogens with zero attached hydrogens (tertiary/aromatic N) is 1. The van der Waals surface area contributed by atoms with Gasteiger partial charge in [-0.15, -0.1) is 0 Å². The van der Waals surface area contributed by atoms with Crippen molar-refractivity contribution in [2.75, 3.05) is 16.8 Å². The molecular weight excluding hydrogens is 314 g/mol. The Morgan fingerprint density at radius 2 is 1.62 bits per heavy atom. The first-order valence-corrected chi connectivity index (χ1v) is 7.39. The van der Waals surface area contributed by atoms with Crippen LogP contribution in [0.25, 0.3) is 0 Å². The van der Waals surface area contributed by atoms with E-state index in [9.17, 15) is 18.4 Å². The van der Waals surface area contributed by atoms with Crippen LogP contribution in [-0.4, -0.2) is 18.4 Å². The maximum absolute atomic E-state index is 13.9. The van der Waals surface area contributed by atoms with Crippen LogP contribution in [0.5, 0.6) is 0 Å². The van der Waals surface area contributed by atoms with Crippen LogP contribution >= 0.6 is 0 Å². The monoisotopic (exact) mass is 332 g/mol. The van der Waals surface area contributed by atoms with Crippen LogP contribution in [0.4, 0.5) is 20.2 Å². The predicted octanol–water partition coefficient (Wildman–Crippen LogP) is 3.57. The Morgan fingerprint density at radius 1 is 1.04 bits per heavy atom. The smallest absolute Gasteiger partial charge is 0.244 e. The Morgan fingerprint density at radius 3 is 2.21 bits per heavy atom. The summed E-state index contributed by atoms with van der Waals surface area (Å²) in [5, 5.41) is 2.67. The summed E-state index contributed by atoms with van der Waals surface area (Å²) in [7, 11) is 0. The number of amides is 2. The standard InChI is InChI=1S/C18H18F2N2O2/c1-11-6-4-9-16(12(11)2)21-17(24)10-22(13(3)23)18-14(19)7-5-8-15(18)20/h4-9H,10H2,1-3H3,(H,21,24). The first-order valence-electron chi connectivity index (χ1n) is 7.39. The molecule has 4 nitrogen and oxygen atoms in total. The summed E-state index contributed by atoms with van der Waals surface area (Å²) >= 11 is 0. The van der Waals surface area contributed by atoms with E-state index in [0.29, 0.717) is 5.69 Å². The zero-order chi connectivity index (χ0) is 17.9. The molecule has 126 valence electrons. The largest absolute Gasteiger partial charge is 0.324 e. The molecule has 0 radical (unpaired) electrons. The normalized spacial score (nSPS) is 10.4. The molecule has 0 saturated carbocycles. The average molecular weight is 332 g/mol. The summed E-state index contributed by atoms with van der Waals surface area (Å²) in [5.41, 5.74) is 1.95. The molecule has 6 heteroatoms. The van der Waals surface area contributed by atoms with Gasteiger partial charge in [0.1, 0.15) is 23.9 Å². The minimum absolute atomic E-state index is 0.486. The molecule has 2 amide bonds. The lowest BCUT2D eigenvalue weighted by Crippen LogP contribution is -2.38. The number of hydrogen-bond acceptors (Lipinski definition) is 2. The van der Waals surface area contributed by atoms with Crippen LogP contribution in [0, 0.1) is 25.5 Å². The van der Waals surface area contributed by atoms with Crippen molar-refractivity contribution in [1.82, 2.24) is 0 Å². The van der Waals surface area contributed by atoms with E-state index in [0.717, 1.165) is 35.1 Å². The van der Waals surface area contributed by atoms with Crippen molar-refractivity contribution in [2.24, 2.45) is 0 Å². The number of nitrogens with one attached hydrogen (secondary N) is 1. The zero-order valence-corrected chi connectivity index (χ0v) is 13.7. The van der Waals surface area contributed by atoms with Gasteiger partial charge in [-0.3, -0.25) is 14.5 Å². The molecular formula is C18H18F2N2O2. The van der Waals surface area contributed by atoms with Gasteiger partial charge in [0.05, 0.1) is 0 Å². The van der Waals surface area contributed by atoms with E-state index in [1.54, 1.807) is 12.1 Å². The van der Waals surface area contributed by atoms with Gasteiger partial charge in [-0.1, -0.05) is 18.2 Å².